The molecule has 11 heteroatoms. The van der Waals surface area contributed by atoms with E-state index in [9.17, 15) is 26.4 Å². The van der Waals surface area contributed by atoms with Gasteiger partial charge in [0.2, 0.25) is 15.9 Å². The van der Waals surface area contributed by atoms with Crippen molar-refractivity contribution < 1.29 is 26.4 Å². The predicted molar refractivity (Wildman–Crippen MR) is 97.0 cm³/mol. The maximum atomic E-state index is 12.8. The predicted octanol–water partition coefficient (Wildman–Crippen LogP) is 1.91. The molecule has 1 aliphatic rings. The van der Waals surface area contributed by atoms with Gasteiger partial charge < -0.3 is 11.1 Å². The van der Waals surface area contributed by atoms with E-state index in [4.69, 9.17) is 5.73 Å². The van der Waals surface area contributed by atoms with Crippen molar-refractivity contribution in [3.05, 3.63) is 29.3 Å². The molecule has 0 saturated carbocycles. The molecule has 2 rings (SSSR count). The molecule has 1 saturated heterocycles. The average molecular weight is 430 g/mol. The first-order chi connectivity index (χ1) is 12.1. The second-order valence-corrected chi connectivity index (χ2v) is 8.17. The normalized spacial score (nSPS) is 18.6. The summed E-state index contributed by atoms with van der Waals surface area (Å²) in [5.41, 5.74) is 4.46. The molecule has 1 heterocycles. The molecule has 1 aromatic carbocycles. The van der Waals surface area contributed by atoms with Gasteiger partial charge in [0, 0.05) is 26.2 Å². The highest BCUT2D eigenvalue weighted by Gasteiger charge is 2.35. The first-order valence-corrected chi connectivity index (χ1v) is 9.67. The summed E-state index contributed by atoms with van der Waals surface area (Å²) in [6.07, 6.45) is -3.49. The number of amides is 1. The third-order valence-corrected chi connectivity index (χ3v) is 6.34. The highest BCUT2D eigenvalue weighted by atomic mass is 35.5. The molecule has 0 radical (unpaired) electrons. The number of alkyl halides is 3. The number of benzene rings is 1. The van der Waals surface area contributed by atoms with E-state index in [1.54, 1.807) is 0 Å². The van der Waals surface area contributed by atoms with Gasteiger partial charge in [-0.1, -0.05) is 0 Å². The summed E-state index contributed by atoms with van der Waals surface area (Å²) in [5.74, 6) is -0.765. The van der Waals surface area contributed by atoms with Crippen LogP contribution in [-0.4, -0.2) is 44.8 Å². The quantitative estimate of drug-likeness (QED) is 0.747. The molecule has 1 fully saturated rings. The summed E-state index contributed by atoms with van der Waals surface area (Å²) in [7, 11) is -3.98. The van der Waals surface area contributed by atoms with Crippen molar-refractivity contribution >= 4 is 28.3 Å². The molecule has 27 heavy (non-hydrogen) atoms. The molecule has 0 spiro atoms. The second-order valence-electron chi connectivity index (χ2n) is 6.26. The molecule has 154 valence electrons. The lowest BCUT2D eigenvalue weighted by molar-refractivity contribution is -0.137. The number of hydrogen-bond donors (Lipinski definition) is 2. The van der Waals surface area contributed by atoms with Crippen LogP contribution in [0.5, 0.6) is 0 Å². The second kappa shape index (κ2) is 9.22. The lowest BCUT2D eigenvalue weighted by Crippen LogP contribution is -2.46. The number of piperidine rings is 1. The van der Waals surface area contributed by atoms with Crippen LogP contribution in [0.1, 0.15) is 24.0 Å². The Morgan fingerprint density at radius 3 is 2.59 bits per heavy atom. The van der Waals surface area contributed by atoms with Crippen molar-refractivity contribution in [3.63, 3.8) is 0 Å². The minimum absolute atomic E-state index is 0. The SMILES string of the molecule is Cc1cc(C(F)(F)F)ccc1S(=O)(=O)N1CCCC(C(=O)NCCN)C1.Cl. The molecule has 0 bridgehead atoms. The van der Waals surface area contributed by atoms with Gasteiger partial charge in [-0.3, -0.25) is 4.79 Å². The highest BCUT2D eigenvalue weighted by molar-refractivity contribution is 7.89. The fourth-order valence-corrected chi connectivity index (χ4v) is 4.70. The van der Waals surface area contributed by atoms with Crippen molar-refractivity contribution in [1.29, 1.82) is 0 Å². The topological polar surface area (TPSA) is 92.5 Å². The van der Waals surface area contributed by atoms with Crippen molar-refractivity contribution in [2.75, 3.05) is 26.2 Å². The van der Waals surface area contributed by atoms with Crippen molar-refractivity contribution in [1.82, 2.24) is 9.62 Å². The van der Waals surface area contributed by atoms with Gasteiger partial charge in [-0.2, -0.15) is 17.5 Å². The van der Waals surface area contributed by atoms with E-state index in [1.807, 2.05) is 0 Å². The fraction of sp³-hybridized carbons (Fsp3) is 0.562. The summed E-state index contributed by atoms with van der Waals surface area (Å²) < 4.78 is 65.2. The van der Waals surface area contributed by atoms with Gasteiger partial charge in [-0.15, -0.1) is 12.4 Å². The summed E-state index contributed by atoms with van der Waals surface area (Å²) in [6.45, 7) is 2.14. The Hall–Kier alpha value is -1.36. The lowest BCUT2D eigenvalue weighted by Gasteiger charge is -2.31. The molecule has 1 unspecified atom stereocenters. The van der Waals surface area contributed by atoms with Gasteiger partial charge in [-0.25, -0.2) is 8.42 Å². The Morgan fingerprint density at radius 1 is 1.37 bits per heavy atom. The molecule has 0 aliphatic carbocycles. The number of nitrogens with zero attached hydrogens (tertiary/aromatic N) is 1. The first kappa shape index (κ1) is 23.7. The van der Waals surface area contributed by atoms with Gasteiger partial charge in [0.05, 0.1) is 16.4 Å². The summed E-state index contributed by atoms with van der Waals surface area (Å²) in [5, 5.41) is 2.64. The van der Waals surface area contributed by atoms with Crippen molar-refractivity contribution in [2.24, 2.45) is 11.7 Å². The molecule has 0 aromatic heterocycles. The van der Waals surface area contributed by atoms with Crippen LogP contribution in [0.15, 0.2) is 23.1 Å². The monoisotopic (exact) mass is 429 g/mol. The van der Waals surface area contributed by atoms with Gasteiger partial charge in [-0.05, 0) is 43.5 Å². The van der Waals surface area contributed by atoms with Gasteiger partial charge >= 0.3 is 6.18 Å². The number of sulfonamides is 1. The van der Waals surface area contributed by atoms with E-state index in [2.05, 4.69) is 5.32 Å². The number of carbonyl (C=O) groups excluding carboxylic acids is 1. The minimum Gasteiger partial charge on any atom is -0.355 e. The number of rotatable bonds is 5. The van der Waals surface area contributed by atoms with E-state index < -0.39 is 27.7 Å². The maximum absolute atomic E-state index is 12.8. The Morgan fingerprint density at radius 2 is 2.04 bits per heavy atom. The Labute approximate surface area is 162 Å². The molecule has 1 amide bonds. The van der Waals surface area contributed by atoms with E-state index >= 15 is 0 Å². The van der Waals surface area contributed by atoms with E-state index in [0.717, 1.165) is 18.2 Å². The molecule has 1 atom stereocenters. The Bertz CT molecular complexity index is 772. The zero-order chi connectivity index (χ0) is 19.5. The van der Waals surface area contributed by atoms with E-state index in [0.29, 0.717) is 19.4 Å². The Kier molecular flexibility index (Phi) is 8.09. The van der Waals surface area contributed by atoms with Crippen LogP contribution in [0.4, 0.5) is 13.2 Å². The molecule has 1 aromatic rings. The smallest absolute Gasteiger partial charge is 0.355 e. The van der Waals surface area contributed by atoms with Crippen LogP contribution < -0.4 is 11.1 Å². The zero-order valence-electron chi connectivity index (χ0n) is 14.8. The molecule has 3 N–H and O–H groups in total. The highest BCUT2D eigenvalue weighted by Crippen LogP contribution is 2.33. The van der Waals surface area contributed by atoms with E-state index in [-0.39, 0.29) is 48.4 Å². The van der Waals surface area contributed by atoms with Crippen LogP contribution in [0.25, 0.3) is 0 Å². The van der Waals surface area contributed by atoms with Crippen molar-refractivity contribution in [2.45, 2.75) is 30.8 Å². The number of halogens is 4. The van der Waals surface area contributed by atoms with Gasteiger partial charge in [0.1, 0.15) is 0 Å². The average Bonchev–Trinajstić information content (AvgIpc) is 2.58. The first-order valence-electron chi connectivity index (χ1n) is 8.23. The summed E-state index contributed by atoms with van der Waals surface area (Å²) in [6, 6.07) is 2.56. The molecular weight excluding hydrogens is 407 g/mol. The third kappa shape index (κ3) is 5.56. The van der Waals surface area contributed by atoms with Gasteiger partial charge in [0.25, 0.3) is 0 Å². The standard InChI is InChI=1S/C16H22F3N3O3S.ClH/c1-11-9-13(16(17,18)19)4-5-14(11)26(24,25)22-8-2-3-12(10-22)15(23)21-7-6-20;/h4-5,9,12H,2-3,6-8,10,20H2,1H3,(H,21,23);1H. The Balaban J connectivity index is 0.00000364. The third-order valence-electron chi connectivity index (χ3n) is 4.32. The minimum atomic E-state index is -4.54. The number of hydrogen-bond acceptors (Lipinski definition) is 4. The van der Waals surface area contributed by atoms with Crippen LogP contribution in [0.3, 0.4) is 0 Å². The maximum Gasteiger partial charge on any atom is 0.416 e. The van der Waals surface area contributed by atoms with E-state index in [1.165, 1.54) is 11.2 Å². The number of aryl methyl sites for hydroxylation is 1. The molecular formula is C16H23ClF3N3O3S. The van der Waals surface area contributed by atoms with Crippen molar-refractivity contribution in [3.8, 4) is 0 Å². The summed E-state index contributed by atoms with van der Waals surface area (Å²) in [4.78, 5) is 11.9. The lowest BCUT2D eigenvalue weighted by atomic mass is 9.99. The fourth-order valence-electron chi connectivity index (χ4n) is 2.97. The molecule has 1 aliphatic heterocycles. The largest absolute Gasteiger partial charge is 0.416 e. The number of nitrogens with one attached hydrogen (secondary N) is 1. The van der Waals surface area contributed by atoms with Gasteiger partial charge in [0.15, 0.2) is 0 Å². The van der Waals surface area contributed by atoms with Crippen LogP contribution >= 0.6 is 12.4 Å². The van der Waals surface area contributed by atoms with Crippen LogP contribution in [0.2, 0.25) is 0 Å². The number of carbonyl (C=O) groups is 1. The zero-order valence-corrected chi connectivity index (χ0v) is 16.4. The van der Waals surface area contributed by atoms with Crippen LogP contribution in [-0.2, 0) is 21.0 Å². The van der Waals surface area contributed by atoms with Crippen LogP contribution in [0, 0.1) is 12.8 Å². The number of nitrogens with two attached hydrogens (primary N) is 1. The summed E-state index contributed by atoms with van der Waals surface area (Å²) >= 11 is 0. The molecule has 6 nitrogen and oxygen atoms in total.